The highest BCUT2D eigenvalue weighted by Gasteiger charge is 2.38. The molecule has 9 nitrogen and oxygen atoms in total. The van der Waals surface area contributed by atoms with Gasteiger partial charge < -0.3 is 10.1 Å². The third kappa shape index (κ3) is 6.75. The van der Waals surface area contributed by atoms with Crippen LogP contribution in [0, 0.1) is 17.0 Å². The molecule has 0 fully saturated rings. The average molecular weight is 606 g/mol. The van der Waals surface area contributed by atoms with Crippen molar-refractivity contribution < 1.29 is 22.9 Å². The molecule has 0 aliphatic carbocycles. The molecule has 0 aliphatic rings. The molecule has 0 aliphatic heterocycles. The number of benzene rings is 4. The highest BCUT2D eigenvalue weighted by atomic mass is 32.2. The van der Waals surface area contributed by atoms with E-state index in [0.29, 0.717) is 22.6 Å². The Labute approximate surface area is 249 Å². The number of likely N-dealkylation sites (N-methyl/N-ethyl adjacent to an activating group) is 1. The normalized spacial score (nSPS) is 12.7. The summed E-state index contributed by atoms with van der Waals surface area (Å²) >= 11 is 1.55. The minimum atomic E-state index is -4.20. The number of non-ortho nitro benzene ring substituents is 1. The van der Waals surface area contributed by atoms with E-state index in [2.05, 4.69) is 5.32 Å². The first-order valence-corrected chi connectivity index (χ1v) is 15.6. The number of methoxy groups -OCH3 is 1. The Morgan fingerprint density at radius 1 is 0.952 bits per heavy atom. The lowest BCUT2D eigenvalue weighted by molar-refractivity contribution is -0.384. The number of nitrogens with one attached hydrogen (secondary N) is 1. The number of amides is 1. The van der Waals surface area contributed by atoms with Gasteiger partial charge in [-0.05, 0) is 66.8 Å². The fourth-order valence-electron chi connectivity index (χ4n) is 4.53. The van der Waals surface area contributed by atoms with Crippen molar-refractivity contribution in [3.05, 3.63) is 124 Å². The largest absolute Gasteiger partial charge is 0.497 e. The molecule has 4 rings (SSSR count). The summed E-state index contributed by atoms with van der Waals surface area (Å²) in [4.78, 5) is 26.2. The quantitative estimate of drug-likeness (QED) is 0.118. The molecule has 0 spiro atoms. The Morgan fingerprint density at radius 2 is 1.57 bits per heavy atom. The number of hydrogen-bond donors (Lipinski definition) is 1. The first-order chi connectivity index (χ1) is 20.0. The van der Waals surface area contributed by atoms with Gasteiger partial charge in [-0.25, -0.2) is 12.7 Å². The second-order valence-electron chi connectivity index (χ2n) is 9.58. The number of anilines is 1. The summed E-state index contributed by atoms with van der Waals surface area (Å²) in [5, 5.41) is 14.8. The van der Waals surface area contributed by atoms with Crippen molar-refractivity contribution in [2.45, 2.75) is 28.7 Å². The number of carbonyl (C=O) groups excluding carboxylic acids is 1. The standard InChI is InChI=1S/C31H31N3O6S2/c1-21-8-18-28(19-9-21)42(38,39)33(2)31(35)29(22-12-16-26(40-3)17-13-22)30(23-10-14-25(15-11-23)34(36)37)32-24-6-5-7-27(20-24)41-4/h5-20,29-30,32H,1-4H3/t29-,30-/m1/s1. The molecule has 0 unspecified atom stereocenters. The lowest BCUT2D eigenvalue weighted by atomic mass is 9.85. The third-order valence-corrected chi connectivity index (χ3v) is 9.41. The molecule has 1 amide bonds. The predicted octanol–water partition coefficient (Wildman–Crippen LogP) is 6.42. The van der Waals surface area contributed by atoms with Gasteiger partial charge in [0.05, 0.1) is 28.9 Å². The van der Waals surface area contributed by atoms with Crippen LogP contribution in [0.5, 0.6) is 5.75 Å². The van der Waals surface area contributed by atoms with Gasteiger partial charge in [0.15, 0.2) is 0 Å². The number of sulfonamides is 1. The minimum Gasteiger partial charge on any atom is -0.497 e. The molecule has 1 N–H and O–H groups in total. The zero-order chi connectivity index (χ0) is 30.4. The highest BCUT2D eigenvalue weighted by molar-refractivity contribution is 7.98. The Morgan fingerprint density at radius 3 is 2.14 bits per heavy atom. The van der Waals surface area contributed by atoms with Crippen LogP contribution < -0.4 is 10.1 Å². The monoisotopic (exact) mass is 605 g/mol. The Hall–Kier alpha value is -4.35. The number of hydrogen-bond acceptors (Lipinski definition) is 8. The van der Waals surface area contributed by atoms with E-state index in [-0.39, 0.29) is 10.6 Å². The van der Waals surface area contributed by atoms with Crippen molar-refractivity contribution in [3.8, 4) is 5.75 Å². The molecule has 0 bridgehead atoms. The topological polar surface area (TPSA) is 119 Å². The van der Waals surface area contributed by atoms with E-state index in [4.69, 9.17) is 4.74 Å². The Balaban J connectivity index is 1.87. The Bertz CT molecular complexity index is 1660. The van der Waals surface area contributed by atoms with Crippen LogP contribution in [0.25, 0.3) is 0 Å². The maximum atomic E-state index is 14.4. The van der Waals surface area contributed by atoms with Crippen LogP contribution in [0.3, 0.4) is 0 Å². The van der Waals surface area contributed by atoms with Gasteiger partial charge >= 0.3 is 0 Å². The van der Waals surface area contributed by atoms with Crippen molar-refractivity contribution in [1.82, 2.24) is 4.31 Å². The SMILES string of the molecule is COc1ccc([C@@H](C(=O)N(C)S(=O)(=O)c2ccc(C)cc2)[C@H](Nc2cccc(SC)c2)c2ccc([N+](=O)[O-])cc2)cc1. The molecule has 218 valence electrons. The third-order valence-electron chi connectivity index (χ3n) is 6.92. The molecule has 42 heavy (non-hydrogen) atoms. The van der Waals surface area contributed by atoms with Crippen molar-refractivity contribution in [1.29, 1.82) is 0 Å². The maximum Gasteiger partial charge on any atom is 0.269 e. The van der Waals surface area contributed by atoms with Crippen molar-refractivity contribution >= 4 is 39.1 Å². The molecule has 0 aromatic heterocycles. The number of ether oxygens (including phenoxy) is 1. The smallest absolute Gasteiger partial charge is 0.269 e. The van der Waals surface area contributed by atoms with Crippen LogP contribution in [0.15, 0.2) is 107 Å². The van der Waals surface area contributed by atoms with Gasteiger partial charge in [-0.2, -0.15) is 0 Å². The van der Waals surface area contributed by atoms with Gasteiger partial charge in [0, 0.05) is 29.8 Å². The molecular weight excluding hydrogens is 574 g/mol. The van der Waals surface area contributed by atoms with Crippen molar-refractivity contribution in [2.24, 2.45) is 0 Å². The van der Waals surface area contributed by atoms with E-state index < -0.39 is 32.8 Å². The molecule has 4 aromatic rings. The van der Waals surface area contributed by atoms with Crippen LogP contribution in [0.2, 0.25) is 0 Å². The van der Waals surface area contributed by atoms with E-state index in [0.717, 1.165) is 14.8 Å². The Kier molecular flexibility index (Phi) is 9.54. The van der Waals surface area contributed by atoms with Gasteiger partial charge in [-0.15, -0.1) is 11.8 Å². The lowest BCUT2D eigenvalue weighted by Crippen LogP contribution is -2.40. The molecular formula is C31H31N3O6S2. The van der Waals surface area contributed by atoms with E-state index in [1.165, 1.54) is 38.4 Å². The van der Waals surface area contributed by atoms with E-state index in [1.807, 2.05) is 37.4 Å². The maximum absolute atomic E-state index is 14.4. The lowest BCUT2D eigenvalue weighted by Gasteiger charge is -2.32. The van der Waals surface area contributed by atoms with Gasteiger partial charge in [0.25, 0.3) is 15.7 Å². The molecule has 0 saturated heterocycles. The second kappa shape index (κ2) is 13.1. The molecule has 0 saturated carbocycles. The van der Waals surface area contributed by atoms with Crippen molar-refractivity contribution in [2.75, 3.05) is 25.7 Å². The van der Waals surface area contributed by atoms with Crippen LogP contribution in [0.1, 0.15) is 28.7 Å². The summed E-state index contributed by atoms with van der Waals surface area (Å²) < 4.78 is 33.3. The van der Waals surface area contributed by atoms with E-state index in [9.17, 15) is 23.3 Å². The summed E-state index contributed by atoms with van der Waals surface area (Å²) in [6.07, 6.45) is 1.95. The zero-order valence-electron chi connectivity index (χ0n) is 23.6. The number of aryl methyl sites for hydroxylation is 1. The van der Waals surface area contributed by atoms with E-state index >= 15 is 0 Å². The summed E-state index contributed by atoms with van der Waals surface area (Å²) in [6.45, 7) is 1.84. The molecule has 0 heterocycles. The first kappa shape index (κ1) is 30.6. The predicted molar refractivity (Wildman–Crippen MR) is 165 cm³/mol. The van der Waals surface area contributed by atoms with Gasteiger partial charge in [0.2, 0.25) is 5.91 Å². The minimum absolute atomic E-state index is 0.00931. The van der Waals surface area contributed by atoms with Gasteiger partial charge in [0.1, 0.15) is 5.75 Å². The number of carbonyl (C=O) groups is 1. The number of nitro groups is 1. The van der Waals surface area contributed by atoms with Crippen LogP contribution >= 0.6 is 11.8 Å². The number of thioether (sulfide) groups is 1. The number of rotatable bonds is 11. The molecule has 0 radical (unpaired) electrons. The summed E-state index contributed by atoms with van der Waals surface area (Å²) in [5.74, 6) is -1.17. The number of nitrogens with zero attached hydrogens (tertiary/aromatic N) is 2. The zero-order valence-corrected chi connectivity index (χ0v) is 25.2. The molecule has 4 aromatic carbocycles. The van der Waals surface area contributed by atoms with Crippen LogP contribution in [-0.4, -0.2) is 44.0 Å². The molecule has 2 atom stereocenters. The summed E-state index contributed by atoms with van der Waals surface area (Å²) in [6, 6.07) is 25.8. The van der Waals surface area contributed by atoms with Crippen molar-refractivity contribution in [3.63, 3.8) is 0 Å². The van der Waals surface area contributed by atoms with E-state index in [1.54, 1.807) is 60.3 Å². The summed E-state index contributed by atoms with van der Waals surface area (Å²) in [5.41, 5.74) is 2.57. The van der Waals surface area contributed by atoms with Gasteiger partial charge in [-0.1, -0.05) is 48.0 Å². The highest BCUT2D eigenvalue weighted by Crippen LogP contribution is 2.38. The van der Waals surface area contributed by atoms with Crippen LogP contribution in [0.4, 0.5) is 11.4 Å². The second-order valence-corrected chi connectivity index (χ2v) is 12.4. The summed E-state index contributed by atoms with van der Waals surface area (Å²) in [7, 11) is -1.43. The van der Waals surface area contributed by atoms with Crippen LogP contribution in [-0.2, 0) is 14.8 Å². The fraction of sp³-hybridized carbons (Fsp3) is 0.194. The number of nitro benzene ring substituents is 1. The first-order valence-electron chi connectivity index (χ1n) is 12.9. The molecule has 11 heteroatoms. The van der Waals surface area contributed by atoms with Gasteiger partial charge in [-0.3, -0.25) is 14.9 Å². The average Bonchev–Trinajstić information content (AvgIpc) is 3.01. The fourth-order valence-corrected chi connectivity index (χ4v) is 6.13.